The number of likely N-dealkylation sites (N-methyl/N-ethyl adjacent to an activating group) is 2. The number of nitrogens with two attached hydrogens (primary N) is 1. The SMILES string of the molecule is CCN(c1ccc(N)cc1)C(C)C(=O)NC. The molecule has 0 heterocycles. The lowest BCUT2D eigenvalue weighted by Gasteiger charge is -2.28. The summed E-state index contributed by atoms with van der Waals surface area (Å²) in [7, 11) is 1.65. The van der Waals surface area contributed by atoms with Crippen LogP contribution in [0.15, 0.2) is 24.3 Å². The third-order valence-electron chi connectivity index (χ3n) is 2.66. The van der Waals surface area contributed by atoms with Gasteiger partial charge in [-0.15, -0.1) is 0 Å². The van der Waals surface area contributed by atoms with Crippen LogP contribution in [0.3, 0.4) is 0 Å². The Hall–Kier alpha value is -1.71. The Bertz CT molecular complexity index is 348. The van der Waals surface area contributed by atoms with Crippen molar-refractivity contribution in [1.29, 1.82) is 0 Å². The average Bonchev–Trinajstić information content (AvgIpc) is 2.31. The molecular formula is C12H19N3O. The Kier molecular flexibility index (Phi) is 4.17. The Morgan fingerprint density at radius 2 is 2.00 bits per heavy atom. The minimum absolute atomic E-state index is 0.0127. The number of rotatable bonds is 4. The number of anilines is 2. The summed E-state index contributed by atoms with van der Waals surface area (Å²) in [6, 6.07) is 7.36. The zero-order valence-corrected chi connectivity index (χ0v) is 10.0. The van der Waals surface area contributed by atoms with Crippen LogP contribution in [-0.4, -0.2) is 25.5 Å². The summed E-state index contributed by atoms with van der Waals surface area (Å²) in [4.78, 5) is 13.6. The topological polar surface area (TPSA) is 58.4 Å². The third kappa shape index (κ3) is 2.66. The number of hydrogen-bond acceptors (Lipinski definition) is 3. The molecule has 16 heavy (non-hydrogen) atoms. The first-order chi connectivity index (χ1) is 7.60. The predicted octanol–water partition coefficient (Wildman–Crippen LogP) is 1.23. The summed E-state index contributed by atoms with van der Waals surface area (Å²) in [5.41, 5.74) is 7.37. The van der Waals surface area contributed by atoms with Crippen LogP contribution >= 0.6 is 0 Å². The van der Waals surface area contributed by atoms with Gasteiger partial charge in [0.2, 0.25) is 5.91 Å². The summed E-state index contributed by atoms with van der Waals surface area (Å²) in [5.74, 6) is 0.0127. The summed E-state index contributed by atoms with van der Waals surface area (Å²) in [5, 5.41) is 2.66. The maximum atomic E-state index is 11.6. The molecule has 0 saturated carbocycles. The number of hydrogen-bond donors (Lipinski definition) is 2. The van der Waals surface area contributed by atoms with Crippen molar-refractivity contribution in [2.45, 2.75) is 19.9 Å². The zero-order chi connectivity index (χ0) is 12.1. The standard InChI is InChI=1S/C12H19N3O/c1-4-15(9(2)12(16)14-3)11-7-5-10(13)6-8-11/h5-9H,4,13H2,1-3H3,(H,14,16). The van der Waals surface area contributed by atoms with Crippen molar-refractivity contribution in [2.75, 3.05) is 24.2 Å². The molecule has 1 atom stereocenters. The van der Waals surface area contributed by atoms with Crippen molar-refractivity contribution in [3.63, 3.8) is 0 Å². The van der Waals surface area contributed by atoms with Crippen molar-refractivity contribution >= 4 is 17.3 Å². The molecule has 1 rings (SSSR count). The van der Waals surface area contributed by atoms with E-state index in [0.29, 0.717) is 0 Å². The lowest BCUT2D eigenvalue weighted by Crippen LogP contribution is -2.44. The van der Waals surface area contributed by atoms with Gasteiger partial charge in [0.1, 0.15) is 6.04 Å². The molecule has 3 N–H and O–H groups in total. The number of nitrogens with zero attached hydrogens (tertiary/aromatic N) is 1. The maximum absolute atomic E-state index is 11.6. The minimum atomic E-state index is -0.182. The van der Waals surface area contributed by atoms with Crippen LogP contribution in [0.4, 0.5) is 11.4 Å². The van der Waals surface area contributed by atoms with Gasteiger partial charge >= 0.3 is 0 Å². The highest BCUT2D eigenvalue weighted by Crippen LogP contribution is 2.18. The molecule has 0 saturated heterocycles. The summed E-state index contributed by atoms with van der Waals surface area (Å²) in [6.07, 6.45) is 0. The van der Waals surface area contributed by atoms with Gasteiger partial charge in [0.05, 0.1) is 0 Å². The molecule has 0 spiro atoms. The van der Waals surface area contributed by atoms with Crippen LogP contribution < -0.4 is 16.0 Å². The highest BCUT2D eigenvalue weighted by molar-refractivity contribution is 5.84. The average molecular weight is 221 g/mol. The predicted molar refractivity (Wildman–Crippen MR) is 67.4 cm³/mol. The second kappa shape index (κ2) is 5.39. The second-order valence-electron chi connectivity index (χ2n) is 3.67. The molecule has 0 fully saturated rings. The van der Waals surface area contributed by atoms with E-state index in [1.807, 2.05) is 43.0 Å². The van der Waals surface area contributed by atoms with Gasteiger partial charge in [-0.25, -0.2) is 0 Å². The Morgan fingerprint density at radius 3 is 2.44 bits per heavy atom. The largest absolute Gasteiger partial charge is 0.399 e. The van der Waals surface area contributed by atoms with E-state index in [9.17, 15) is 4.79 Å². The van der Waals surface area contributed by atoms with Crippen LogP contribution in [-0.2, 0) is 4.79 Å². The van der Waals surface area contributed by atoms with E-state index in [0.717, 1.165) is 17.9 Å². The molecule has 0 aliphatic carbocycles. The quantitative estimate of drug-likeness (QED) is 0.752. The van der Waals surface area contributed by atoms with Crippen LogP contribution in [0.5, 0.6) is 0 Å². The van der Waals surface area contributed by atoms with Crippen molar-refractivity contribution in [2.24, 2.45) is 0 Å². The molecule has 4 nitrogen and oxygen atoms in total. The molecule has 1 unspecified atom stereocenters. The summed E-state index contributed by atoms with van der Waals surface area (Å²) in [6.45, 7) is 4.69. The van der Waals surface area contributed by atoms with E-state index < -0.39 is 0 Å². The van der Waals surface area contributed by atoms with E-state index >= 15 is 0 Å². The lowest BCUT2D eigenvalue weighted by atomic mass is 10.2. The lowest BCUT2D eigenvalue weighted by molar-refractivity contribution is -0.121. The first kappa shape index (κ1) is 12.4. The molecular weight excluding hydrogens is 202 g/mol. The fourth-order valence-electron chi connectivity index (χ4n) is 1.70. The van der Waals surface area contributed by atoms with E-state index in [-0.39, 0.29) is 11.9 Å². The van der Waals surface area contributed by atoms with Crippen LogP contribution in [0.1, 0.15) is 13.8 Å². The van der Waals surface area contributed by atoms with Crippen molar-refractivity contribution < 1.29 is 4.79 Å². The molecule has 0 radical (unpaired) electrons. The minimum Gasteiger partial charge on any atom is -0.399 e. The first-order valence-corrected chi connectivity index (χ1v) is 5.44. The zero-order valence-electron chi connectivity index (χ0n) is 10.0. The van der Waals surface area contributed by atoms with Gasteiger partial charge in [-0.3, -0.25) is 4.79 Å². The smallest absolute Gasteiger partial charge is 0.242 e. The Labute approximate surface area is 96.4 Å². The van der Waals surface area contributed by atoms with E-state index in [1.54, 1.807) is 7.05 Å². The third-order valence-corrected chi connectivity index (χ3v) is 2.66. The van der Waals surface area contributed by atoms with E-state index in [1.165, 1.54) is 0 Å². The summed E-state index contributed by atoms with van der Waals surface area (Å²) >= 11 is 0. The molecule has 0 bridgehead atoms. The van der Waals surface area contributed by atoms with Gasteiger partial charge in [-0.2, -0.15) is 0 Å². The molecule has 0 aliphatic rings. The van der Waals surface area contributed by atoms with Crippen LogP contribution in [0.25, 0.3) is 0 Å². The number of carbonyl (C=O) groups excluding carboxylic acids is 1. The first-order valence-electron chi connectivity index (χ1n) is 5.44. The van der Waals surface area contributed by atoms with Gasteiger partial charge in [0.15, 0.2) is 0 Å². The van der Waals surface area contributed by atoms with Gasteiger partial charge in [-0.05, 0) is 38.1 Å². The number of amides is 1. The van der Waals surface area contributed by atoms with Crippen LogP contribution in [0.2, 0.25) is 0 Å². The number of nitrogen functional groups attached to an aromatic ring is 1. The second-order valence-corrected chi connectivity index (χ2v) is 3.67. The number of carbonyl (C=O) groups is 1. The Morgan fingerprint density at radius 1 is 1.44 bits per heavy atom. The fraction of sp³-hybridized carbons (Fsp3) is 0.417. The Balaban J connectivity index is 2.89. The number of benzene rings is 1. The van der Waals surface area contributed by atoms with Gasteiger partial charge in [0.25, 0.3) is 0 Å². The monoisotopic (exact) mass is 221 g/mol. The molecule has 1 aromatic rings. The highest BCUT2D eigenvalue weighted by Gasteiger charge is 2.18. The van der Waals surface area contributed by atoms with Crippen molar-refractivity contribution in [3.05, 3.63) is 24.3 Å². The van der Waals surface area contributed by atoms with E-state index in [4.69, 9.17) is 5.73 Å². The fourth-order valence-corrected chi connectivity index (χ4v) is 1.70. The molecule has 4 heteroatoms. The molecule has 0 aliphatic heterocycles. The molecule has 1 aromatic carbocycles. The summed E-state index contributed by atoms with van der Waals surface area (Å²) < 4.78 is 0. The van der Waals surface area contributed by atoms with Gasteiger partial charge in [0, 0.05) is 25.0 Å². The highest BCUT2D eigenvalue weighted by atomic mass is 16.2. The normalized spacial score (nSPS) is 11.9. The van der Waals surface area contributed by atoms with E-state index in [2.05, 4.69) is 5.32 Å². The van der Waals surface area contributed by atoms with Crippen molar-refractivity contribution in [3.8, 4) is 0 Å². The molecule has 88 valence electrons. The maximum Gasteiger partial charge on any atom is 0.242 e. The van der Waals surface area contributed by atoms with Crippen molar-refractivity contribution in [1.82, 2.24) is 5.32 Å². The molecule has 1 amide bonds. The van der Waals surface area contributed by atoms with Gasteiger partial charge < -0.3 is 16.0 Å². The van der Waals surface area contributed by atoms with Gasteiger partial charge in [-0.1, -0.05) is 0 Å². The van der Waals surface area contributed by atoms with Crippen LogP contribution in [0, 0.1) is 0 Å². The number of nitrogens with one attached hydrogen (secondary N) is 1. The molecule has 0 aromatic heterocycles.